The van der Waals surface area contributed by atoms with Crippen molar-refractivity contribution in [3.8, 4) is 0 Å². The minimum atomic E-state index is -0.345. The molecule has 0 unspecified atom stereocenters. The van der Waals surface area contributed by atoms with Gasteiger partial charge in [0, 0.05) is 37.3 Å². The number of hydrogen-bond donors (Lipinski definition) is 2. The first kappa shape index (κ1) is 20.2. The van der Waals surface area contributed by atoms with Crippen LogP contribution in [0.1, 0.15) is 39.4 Å². The molecular weight excluding hydrogens is 398 g/mol. The van der Waals surface area contributed by atoms with E-state index < -0.39 is 0 Å². The number of aromatic nitrogens is 2. The number of rotatable bonds is 6. The van der Waals surface area contributed by atoms with Crippen molar-refractivity contribution < 1.29 is 9.59 Å². The number of benzene rings is 1. The van der Waals surface area contributed by atoms with Gasteiger partial charge >= 0.3 is 0 Å². The summed E-state index contributed by atoms with van der Waals surface area (Å²) in [5.41, 5.74) is 1.94. The summed E-state index contributed by atoms with van der Waals surface area (Å²) in [5, 5.41) is 7.80. The first-order valence-corrected chi connectivity index (χ1v) is 10.8. The molecule has 0 saturated carbocycles. The van der Waals surface area contributed by atoms with Crippen molar-refractivity contribution in [1.82, 2.24) is 20.2 Å². The fraction of sp³-hybridized carbons (Fsp3) is 0.273. The number of likely N-dealkylation sites (tertiary alicyclic amines) is 1. The van der Waals surface area contributed by atoms with Crippen LogP contribution in [0, 0.1) is 0 Å². The molecule has 4 rings (SSSR count). The van der Waals surface area contributed by atoms with Gasteiger partial charge in [0.15, 0.2) is 5.13 Å². The van der Waals surface area contributed by atoms with Crippen LogP contribution in [0.2, 0.25) is 0 Å². The quantitative estimate of drug-likeness (QED) is 0.638. The lowest BCUT2D eigenvalue weighted by molar-refractivity contribution is 0.0903. The molecule has 0 radical (unpaired) electrons. The number of anilines is 1. The summed E-state index contributed by atoms with van der Waals surface area (Å²) in [7, 11) is 0. The van der Waals surface area contributed by atoms with Crippen molar-refractivity contribution >= 4 is 28.3 Å². The van der Waals surface area contributed by atoms with E-state index in [9.17, 15) is 9.59 Å². The lowest BCUT2D eigenvalue weighted by atomic mass is 10.0. The van der Waals surface area contributed by atoms with Crippen molar-refractivity contribution in [2.75, 3.05) is 18.4 Å². The van der Waals surface area contributed by atoms with Crippen LogP contribution in [0.4, 0.5) is 5.13 Å². The molecule has 154 valence electrons. The molecule has 1 saturated heterocycles. The van der Waals surface area contributed by atoms with Gasteiger partial charge in [0.1, 0.15) is 11.4 Å². The Kier molecular flexibility index (Phi) is 6.46. The standard InChI is InChI=1S/C22H23N5O2S/c28-20(18-8-4-5-11-23-18)26-22-25-19(15-30-22)21(29)24-17-9-12-27(13-10-17)14-16-6-2-1-3-7-16/h1-8,11,15,17H,9-10,12-14H2,(H,24,29)(H,25,26,28). The molecule has 2 amide bonds. The van der Waals surface area contributed by atoms with Crippen molar-refractivity contribution in [3.63, 3.8) is 0 Å². The molecule has 3 aromatic rings. The third kappa shape index (κ3) is 5.28. The molecule has 1 fully saturated rings. The Labute approximate surface area is 179 Å². The first-order chi connectivity index (χ1) is 14.7. The van der Waals surface area contributed by atoms with E-state index in [-0.39, 0.29) is 17.9 Å². The van der Waals surface area contributed by atoms with Gasteiger partial charge in [0.05, 0.1) is 0 Å². The van der Waals surface area contributed by atoms with Crippen LogP contribution in [-0.4, -0.2) is 45.8 Å². The number of carbonyl (C=O) groups is 2. The second-order valence-electron chi connectivity index (χ2n) is 7.22. The number of amides is 2. The second kappa shape index (κ2) is 9.60. The van der Waals surface area contributed by atoms with E-state index >= 15 is 0 Å². The van der Waals surface area contributed by atoms with Crippen LogP contribution in [0.25, 0.3) is 0 Å². The Morgan fingerprint density at radius 2 is 1.77 bits per heavy atom. The van der Waals surface area contributed by atoms with Crippen molar-refractivity contribution in [2.24, 2.45) is 0 Å². The average Bonchev–Trinajstić information content (AvgIpc) is 3.25. The normalized spacial score (nSPS) is 14.9. The molecule has 0 bridgehead atoms. The molecule has 30 heavy (non-hydrogen) atoms. The van der Waals surface area contributed by atoms with Gasteiger partial charge in [-0.25, -0.2) is 4.98 Å². The van der Waals surface area contributed by atoms with Crippen LogP contribution < -0.4 is 10.6 Å². The Bertz CT molecular complexity index is 985. The van der Waals surface area contributed by atoms with Crippen LogP contribution in [0.3, 0.4) is 0 Å². The molecule has 2 aromatic heterocycles. The zero-order valence-corrected chi connectivity index (χ0v) is 17.3. The maximum Gasteiger partial charge on any atom is 0.276 e. The third-order valence-electron chi connectivity index (χ3n) is 5.03. The number of hydrogen-bond acceptors (Lipinski definition) is 6. The minimum Gasteiger partial charge on any atom is -0.348 e. The Hall–Kier alpha value is -3.10. The molecule has 1 aliphatic heterocycles. The Morgan fingerprint density at radius 3 is 2.50 bits per heavy atom. The highest BCUT2D eigenvalue weighted by molar-refractivity contribution is 7.14. The monoisotopic (exact) mass is 421 g/mol. The predicted molar refractivity (Wildman–Crippen MR) is 117 cm³/mol. The van der Waals surface area contributed by atoms with Gasteiger partial charge in [-0.05, 0) is 30.5 Å². The Balaban J connectivity index is 1.25. The Morgan fingerprint density at radius 1 is 1.00 bits per heavy atom. The number of carbonyl (C=O) groups excluding carboxylic acids is 2. The number of thiazole rings is 1. The molecule has 0 spiro atoms. The molecule has 7 nitrogen and oxygen atoms in total. The average molecular weight is 422 g/mol. The first-order valence-electron chi connectivity index (χ1n) is 9.92. The summed E-state index contributed by atoms with van der Waals surface area (Å²) in [6.45, 7) is 2.83. The SMILES string of the molecule is O=C(Nc1nc(C(=O)NC2CCN(Cc3ccccc3)CC2)cs1)c1ccccn1. The van der Waals surface area contributed by atoms with E-state index in [0.29, 0.717) is 16.5 Å². The molecule has 8 heteroatoms. The minimum absolute atomic E-state index is 0.137. The van der Waals surface area contributed by atoms with Gasteiger partial charge < -0.3 is 5.32 Å². The number of nitrogens with one attached hydrogen (secondary N) is 2. The van der Waals surface area contributed by atoms with Crippen LogP contribution in [0.5, 0.6) is 0 Å². The van der Waals surface area contributed by atoms with Gasteiger partial charge in [-0.1, -0.05) is 36.4 Å². The molecular formula is C22H23N5O2S. The maximum absolute atomic E-state index is 12.5. The van der Waals surface area contributed by atoms with Gasteiger partial charge in [-0.15, -0.1) is 11.3 Å². The zero-order valence-electron chi connectivity index (χ0n) is 16.5. The topological polar surface area (TPSA) is 87.2 Å². The van der Waals surface area contributed by atoms with Gasteiger partial charge in [-0.2, -0.15) is 0 Å². The summed E-state index contributed by atoms with van der Waals surface area (Å²) in [5.74, 6) is -0.547. The van der Waals surface area contributed by atoms with Crippen molar-refractivity contribution in [1.29, 1.82) is 0 Å². The highest BCUT2D eigenvalue weighted by Gasteiger charge is 2.22. The summed E-state index contributed by atoms with van der Waals surface area (Å²) in [4.78, 5) is 35.4. The summed E-state index contributed by atoms with van der Waals surface area (Å²) in [6, 6.07) is 15.7. The molecule has 2 N–H and O–H groups in total. The molecule has 0 atom stereocenters. The van der Waals surface area contributed by atoms with E-state index in [1.165, 1.54) is 16.9 Å². The molecule has 1 aliphatic rings. The summed E-state index contributed by atoms with van der Waals surface area (Å²) in [6.07, 6.45) is 3.37. The molecule has 1 aromatic carbocycles. The lowest BCUT2D eigenvalue weighted by Crippen LogP contribution is -2.44. The molecule has 3 heterocycles. The van der Waals surface area contributed by atoms with E-state index in [1.54, 1.807) is 29.8 Å². The fourth-order valence-corrected chi connectivity index (χ4v) is 4.12. The van der Waals surface area contributed by atoms with E-state index in [2.05, 4.69) is 49.8 Å². The van der Waals surface area contributed by atoms with E-state index in [1.807, 2.05) is 6.07 Å². The number of pyridine rings is 1. The van der Waals surface area contributed by atoms with E-state index in [0.717, 1.165) is 32.5 Å². The second-order valence-corrected chi connectivity index (χ2v) is 8.07. The fourth-order valence-electron chi connectivity index (χ4n) is 3.43. The zero-order chi connectivity index (χ0) is 20.8. The maximum atomic E-state index is 12.5. The van der Waals surface area contributed by atoms with Crippen molar-refractivity contribution in [3.05, 3.63) is 77.1 Å². The van der Waals surface area contributed by atoms with Crippen LogP contribution in [0.15, 0.2) is 60.1 Å². The van der Waals surface area contributed by atoms with Crippen LogP contribution >= 0.6 is 11.3 Å². The summed E-state index contributed by atoms with van der Waals surface area (Å²) >= 11 is 1.22. The molecule has 0 aliphatic carbocycles. The highest BCUT2D eigenvalue weighted by Crippen LogP contribution is 2.18. The van der Waals surface area contributed by atoms with Crippen molar-refractivity contribution in [2.45, 2.75) is 25.4 Å². The van der Waals surface area contributed by atoms with Gasteiger partial charge in [0.25, 0.3) is 11.8 Å². The van der Waals surface area contributed by atoms with Crippen LogP contribution in [-0.2, 0) is 6.54 Å². The smallest absolute Gasteiger partial charge is 0.276 e. The predicted octanol–water partition coefficient (Wildman–Crippen LogP) is 3.18. The van der Waals surface area contributed by atoms with E-state index in [4.69, 9.17) is 0 Å². The highest BCUT2D eigenvalue weighted by atomic mass is 32.1. The lowest BCUT2D eigenvalue weighted by Gasteiger charge is -2.32. The number of piperidine rings is 1. The largest absolute Gasteiger partial charge is 0.348 e. The third-order valence-corrected chi connectivity index (χ3v) is 5.78. The number of nitrogens with zero attached hydrogens (tertiary/aromatic N) is 3. The summed E-state index contributed by atoms with van der Waals surface area (Å²) < 4.78 is 0. The van der Waals surface area contributed by atoms with Gasteiger partial charge in [-0.3, -0.25) is 24.8 Å². The van der Waals surface area contributed by atoms with Gasteiger partial charge in [0.2, 0.25) is 0 Å².